The molecule has 6 nitrogen and oxygen atoms in total. The van der Waals surface area contributed by atoms with Crippen LogP contribution in [0.15, 0.2) is 71.2 Å². The summed E-state index contributed by atoms with van der Waals surface area (Å²) < 4.78 is 7.25. The van der Waals surface area contributed by atoms with Crippen LogP contribution in [0.2, 0.25) is 0 Å². The maximum Gasteiger partial charge on any atom is 0.339 e. The molecule has 0 aliphatic rings. The van der Waals surface area contributed by atoms with Gasteiger partial charge in [0, 0.05) is 34.8 Å². The molecule has 0 aliphatic heterocycles. The molecule has 2 aromatic carbocycles. The first-order chi connectivity index (χ1) is 15.1. The number of nitrogens with zero attached hydrogens (tertiary/aromatic N) is 4. The fourth-order valence-corrected chi connectivity index (χ4v) is 4.63. The summed E-state index contributed by atoms with van der Waals surface area (Å²) in [5, 5.41) is 15.8. The van der Waals surface area contributed by atoms with Crippen LogP contribution in [0.5, 0.6) is 0 Å². The molecule has 0 spiro atoms. The second kappa shape index (κ2) is 9.60. The van der Waals surface area contributed by atoms with E-state index in [-0.39, 0.29) is 12.6 Å². The fraction of sp³-hybridized carbons (Fsp3) is 0.130. The number of hydrogen-bond donors (Lipinski definition) is 0. The van der Waals surface area contributed by atoms with Gasteiger partial charge < -0.3 is 4.74 Å². The summed E-state index contributed by atoms with van der Waals surface area (Å²) in [6.07, 6.45) is 3.66. The van der Waals surface area contributed by atoms with Crippen LogP contribution in [0, 0.1) is 11.3 Å². The van der Waals surface area contributed by atoms with E-state index in [1.165, 1.54) is 11.3 Å². The Hall–Kier alpha value is -3.41. The van der Waals surface area contributed by atoms with Crippen molar-refractivity contribution in [1.82, 2.24) is 14.8 Å². The molecule has 0 atom stereocenters. The lowest BCUT2D eigenvalue weighted by molar-refractivity contribution is 0.0464. The number of ether oxygens (including phenoxy) is 1. The molecular weight excluding hydrogens is 428 g/mol. The van der Waals surface area contributed by atoms with E-state index in [4.69, 9.17) is 10.00 Å². The van der Waals surface area contributed by atoms with Gasteiger partial charge >= 0.3 is 5.97 Å². The minimum atomic E-state index is -0.376. The monoisotopic (exact) mass is 446 g/mol. The molecule has 8 heteroatoms. The summed E-state index contributed by atoms with van der Waals surface area (Å²) in [6, 6.07) is 17.0. The van der Waals surface area contributed by atoms with E-state index in [1.807, 2.05) is 49.0 Å². The molecule has 0 aliphatic carbocycles. The average molecular weight is 447 g/mol. The Morgan fingerprint density at radius 1 is 1.23 bits per heavy atom. The Bertz CT molecular complexity index is 1240. The number of thioether (sulfide) groups is 1. The van der Waals surface area contributed by atoms with Crippen molar-refractivity contribution in [3.8, 4) is 16.6 Å². The summed E-state index contributed by atoms with van der Waals surface area (Å²) >= 11 is 3.06. The van der Waals surface area contributed by atoms with Crippen LogP contribution in [-0.4, -0.2) is 20.7 Å². The number of benzene rings is 2. The summed E-state index contributed by atoms with van der Waals surface area (Å²) in [6.45, 7) is 0.115. The summed E-state index contributed by atoms with van der Waals surface area (Å²) in [4.78, 5) is 18.1. The fourth-order valence-electron chi connectivity index (χ4n) is 2.85. The number of nitriles is 1. The Balaban J connectivity index is 1.38. The highest BCUT2D eigenvalue weighted by Crippen LogP contribution is 2.28. The predicted molar refractivity (Wildman–Crippen MR) is 121 cm³/mol. The topological polar surface area (TPSA) is 80.8 Å². The highest BCUT2D eigenvalue weighted by molar-refractivity contribution is 7.98. The van der Waals surface area contributed by atoms with Crippen molar-refractivity contribution in [2.45, 2.75) is 17.3 Å². The number of aryl methyl sites for hydroxylation is 1. The lowest BCUT2D eigenvalue weighted by atomic mass is 10.2. The van der Waals surface area contributed by atoms with E-state index in [0.717, 1.165) is 21.0 Å². The van der Waals surface area contributed by atoms with E-state index < -0.39 is 0 Å². The quantitative estimate of drug-likeness (QED) is 0.291. The summed E-state index contributed by atoms with van der Waals surface area (Å²) in [7, 11) is 1.86. The lowest BCUT2D eigenvalue weighted by Gasteiger charge is -2.09. The van der Waals surface area contributed by atoms with Gasteiger partial charge in [0.15, 0.2) is 0 Å². The molecule has 0 saturated heterocycles. The minimum absolute atomic E-state index is 0.115. The van der Waals surface area contributed by atoms with Crippen LogP contribution in [0.25, 0.3) is 10.6 Å². The van der Waals surface area contributed by atoms with Gasteiger partial charge in [0.1, 0.15) is 11.6 Å². The number of aromatic nitrogens is 3. The number of hydrogen-bond acceptors (Lipinski definition) is 7. The number of rotatable bonds is 7. The second-order valence-electron chi connectivity index (χ2n) is 6.72. The SMILES string of the molecule is Cn1cc(-c2nc(COC(=O)c3ccccc3SCc3ccc(C#N)cc3)cs2)cn1. The van der Waals surface area contributed by atoms with Gasteiger partial charge in [-0.25, -0.2) is 9.78 Å². The van der Waals surface area contributed by atoms with Gasteiger partial charge in [0.25, 0.3) is 0 Å². The zero-order valence-electron chi connectivity index (χ0n) is 16.7. The maximum absolute atomic E-state index is 12.7. The van der Waals surface area contributed by atoms with Crippen LogP contribution < -0.4 is 0 Å². The van der Waals surface area contributed by atoms with Crippen LogP contribution in [0.3, 0.4) is 0 Å². The van der Waals surface area contributed by atoms with E-state index in [9.17, 15) is 4.79 Å². The van der Waals surface area contributed by atoms with Crippen molar-refractivity contribution in [2.75, 3.05) is 0 Å². The van der Waals surface area contributed by atoms with Gasteiger partial charge in [0.2, 0.25) is 0 Å². The second-order valence-corrected chi connectivity index (χ2v) is 8.59. The number of carbonyl (C=O) groups is 1. The summed E-state index contributed by atoms with van der Waals surface area (Å²) in [5.74, 6) is 0.315. The molecule has 0 bridgehead atoms. The van der Waals surface area contributed by atoms with Crippen molar-refractivity contribution in [2.24, 2.45) is 7.05 Å². The first-order valence-electron chi connectivity index (χ1n) is 9.44. The van der Waals surface area contributed by atoms with Gasteiger partial charge in [0.05, 0.1) is 29.1 Å². The smallest absolute Gasteiger partial charge is 0.339 e. The molecule has 2 heterocycles. The van der Waals surface area contributed by atoms with Crippen LogP contribution in [0.1, 0.15) is 27.2 Å². The van der Waals surface area contributed by atoms with Crippen molar-refractivity contribution >= 4 is 29.1 Å². The molecule has 154 valence electrons. The Morgan fingerprint density at radius 3 is 2.77 bits per heavy atom. The Kier molecular flexibility index (Phi) is 6.46. The van der Waals surface area contributed by atoms with Gasteiger partial charge in [-0.3, -0.25) is 4.68 Å². The van der Waals surface area contributed by atoms with Gasteiger partial charge in [-0.2, -0.15) is 10.4 Å². The average Bonchev–Trinajstić information content (AvgIpc) is 3.45. The molecular formula is C23H18N4O2S2. The highest BCUT2D eigenvalue weighted by atomic mass is 32.2. The largest absolute Gasteiger partial charge is 0.456 e. The van der Waals surface area contributed by atoms with E-state index in [0.29, 0.717) is 22.6 Å². The van der Waals surface area contributed by atoms with E-state index in [2.05, 4.69) is 16.2 Å². The standard InChI is InChI=1S/C23H18N4O2S2/c1-27-12-18(11-25-27)22-26-19(15-31-22)13-29-23(28)20-4-2-3-5-21(20)30-14-17-8-6-16(10-24)7-9-17/h2-9,11-12,15H,13-14H2,1H3. The third kappa shape index (κ3) is 5.20. The third-order valence-electron chi connectivity index (χ3n) is 4.44. The molecule has 31 heavy (non-hydrogen) atoms. The maximum atomic E-state index is 12.7. The first-order valence-corrected chi connectivity index (χ1v) is 11.3. The molecule has 2 aromatic heterocycles. The Labute approximate surface area is 188 Å². The van der Waals surface area contributed by atoms with Crippen LogP contribution in [0.4, 0.5) is 0 Å². The molecule has 0 fully saturated rings. The first kappa shape index (κ1) is 20.8. The van der Waals surface area contributed by atoms with Crippen molar-refractivity contribution in [3.63, 3.8) is 0 Å². The number of thiazole rings is 1. The van der Waals surface area contributed by atoms with Gasteiger partial charge in [-0.15, -0.1) is 23.1 Å². The molecule has 0 saturated carbocycles. The zero-order chi connectivity index (χ0) is 21.6. The van der Waals surface area contributed by atoms with Crippen molar-refractivity contribution in [1.29, 1.82) is 5.26 Å². The predicted octanol–water partition coefficient (Wildman–Crippen LogP) is 5.06. The molecule has 4 rings (SSSR count). The molecule has 0 unspecified atom stereocenters. The van der Waals surface area contributed by atoms with Crippen molar-refractivity contribution < 1.29 is 9.53 Å². The molecule has 0 radical (unpaired) electrons. The number of carbonyl (C=O) groups excluding carboxylic acids is 1. The Morgan fingerprint density at radius 2 is 2.03 bits per heavy atom. The van der Waals surface area contributed by atoms with Crippen LogP contribution in [-0.2, 0) is 24.1 Å². The third-order valence-corrected chi connectivity index (χ3v) is 6.52. The molecule has 0 N–H and O–H groups in total. The lowest BCUT2D eigenvalue weighted by Crippen LogP contribution is -2.07. The zero-order valence-corrected chi connectivity index (χ0v) is 18.3. The highest BCUT2D eigenvalue weighted by Gasteiger charge is 2.14. The summed E-state index contributed by atoms with van der Waals surface area (Å²) in [5.41, 5.74) is 3.89. The molecule has 4 aromatic rings. The van der Waals surface area contributed by atoms with E-state index >= 15 is 0 Å². The van der Waals surface area contributed by atoms with Crippen molar-refractivity contribution in [3.05, 3.63) is 88.7 Å². The normalized spacial score (nSPS) is 10.6. The van der Waals surface area contributed by atoms with Gasteiger partial charge in [-0.05, 0) is 29.8 Å². The number of esters is 1. The van der Waals surface area contributed by atoms with Gasteiger partial charge in [-0.1, -0.05) is 24.3 Å². The van der Waals surface area contributed by atoms with E-state index in [1.54, 1.807) is 40.8 Å². The van der Waals surface area contributed by atoms with Crippen LogP contribution >= 0.6 is 23.1 Å². The minimum Gasteiger partial charge on any atom is -0.456 e. The molecule has 0 amide bonds.